The molecule has 1 aromatic rings. The Morgan fingerprint density at radius 1 is 1.14 bits per heavy atom. The van der Waals surface area contributed by atoms with Crippen molar-refractivity contribution in [3.8, 4) is 0 Å². The Hall–Kier alpha value is -1.03. The molecule has 1 N–H and O–H groups in total. The fourth-order valence-corrected chi connectivity index (χ4v) is 1.12. The SMILES string of the molecule is CC(C(O)c1ccccc1)C(F)(F)F. The van der Waals surface area contributed by atoms with E-state index in [-0.39, 0.29) is 5.56 Å². The number of rotatable bonds is 2. The maximum atomic E-state index is 12.2. The molecule has 0 heterocycles. The molecule has 2 atom stereocenters. The molecule has 4 heteroatoms. The first-order chi connectivity index (χ1) is 6.43. The zero-order chi connectivity index (χ0) is 10.8. The number of benzene rings is 1. The normalized spacial score (nSPS) is 16.4. The van der Waals surface area contributed by atoms with Gasteiger partial charge in [0, 0.05) is 0 Å². The molecule has 78 valence electrons. The first-order valence-electron chi connectivity index (χ1n) is 4.22. The number of hydrogen-bond acceptors (Lipinski definition) is 1. The molecule has 0 aliphatic heterocycles. The van der Waals surface area contributed by atoms with E-state index < -0.39 is 18.2 Å². The summed E-state index contributed by atoms with van der Waals surface area (Å²) in [6.07, 6.45) is -5.86. The van der Waals surface area contributed by atoms with E-state index in [0.717, 1.165) is 6.92 Å². The molecule has 14 heavy (non-hydrogen) atoms. The molecular weight excluding hydrogens is 193 g/mol. The van der Waals surface area contributed by atoms with Crippen molar-refractivity contribution in [2.24, 2.45) is 5.92 Å². The first-order valence-corrected chi connectivity index (χ1v) is 4.22. The summed E-state index contributed by atoms with van der Waals surface area (Å²) < 4.78 is 36.7. The lowest BCUT2D eigenvalue weighted by molar-refractivity contribution is -0.195. The van der Waals surface area contributed by atoms with Gasteiger partial charge in [0.25, 0.3) is 0 Å². The number of hydrogen-bond donors (Lipinski definition) is 1. The fourth-order valence-electron chi connectivity index (χ4n) is 1.12. The summed E-state index contributed by atoms with van der Waals surface area (Å²) in [5, 5.41) is 9.40. The van der Waals surface area contributed by atoms with E-state index in [1.807, 2.05) is 0 Å². The molecular formula is C10H11F3O. The van der Waals surface area contributed by atoms with Gasteiger partial charge in [-0.3, -0.25) is 0 Å². The highest BCUT2D eigenvalue weighted by Crippen LogP contribution is 2.35. The molecule has 0 amide bonds. The second-order valence-corrected chi connectivity index (χ2v) is 3.19. The molecule has 0 bridgehead atoms. The molecule has 1 rings (SSSR count). The predicted molar refractivity (Wildman–Crippen MR) is 46.6 cm³/mol. The summed E-state index contributed by atoms with van der Waals surface area (Å²) in [5.41, 5.74) is 0.289. The van der Waals surface area contributed by atoms with Crippen molar-refractivity contribution in [3.05, 3.63) is 35.9 Å². The number of aliphatic hydroxyl groups excluding tert-OH is 1. The van der Waals surface area contributed by atoms with Crippen LogP contribution in [0, 0.1) is 5.92 Å². The molecule has 2 unspecified atom stereocenters. The smallest absolute Gasteiger partial charge is 0.388 e. The monoisotopic (exact) mass is 204 g/mol. The van der Waals surface area contributed by atoms with Gasteiger partial charge < -0.3 is 5.11 Å². The Balaban J connectivity index is 2.81. The topological polar surface area (TPSA) is 20.2 Å². The summed E-state index contributed by atoms with van der Waals surface area (Å²) in [6.45, 7) is 0.970. The van der Waals surface area contributed by atoms with Crippen LogP contribution in [0.25, 0.3) is 0 Å². The molecule has 0 saturated heterocycles. The minimum Gasteiger partial charge on any atom is -0.388 e. The van der Waals surface area contributed by atoms with Gasteiger partial charge in [0.05, 0.1) is 12.0 Å². The van der Waals surface area contributed by atoms with E-state index in [9.17, 15) is 18.3 Å². The van der Waals surface area contributed by atoms with E-state index in [4.69, 9.17) is 0 Å². The second kappa shape index (κ2) is 4.00. The van der Waals surface area contributed by atoms with Crippen LogP contribution in [0.1, 0.15) is 18.6 Å². The fraction of sp³-hybridized carbons (Fsp3) is 0.400. The molecule has 0 aliphatic rings. The molecule has 1 aromatic carbocycles. The molecule has 1 nitrogen and oxygen atoms in total. The third kappa shape index (κ3) is 2.48. The van der Waals surface area contributed by atoms with Crippen molar-refractivity contribution in [1.82, 2.24) is 0 Å². The molecule has 0 saturated carbocycles. The molecule has 0 aliphatic carbocycles. The Kier molecular flexibility index (Phi) is 3.16. The van der Waals surface area contributed by atoms with Crippen molar-refractivity contribution >= 4 is 0 Å². The van der Waals surface area contributed by atoms with Crippen LogP contribution < -0.4 is 0 Å². The zero-order valence-corrected chi connectivity index (χ0v) is 7.62. The Morgan fingerprint density at radius 2 is 1.64 bits per heavy atom. The van der Waals surface area contributed by atoms with Gasteiger partial charge in [-0.2, -0.15) is 13.2 Å². The number of aliphatic hydroxyl groups is 1. The van der Waals surface area contributed by atoms with Crippen LogP contribution in [0.5, 0.6) is 0 Å². The van der Waals surface area contributed by atoms with Crippen LogP contribution in [-0.4, -0.2) is 11.3 Å². The highest BCUT2D eigenvalue weighted by molar-refractivity contribution is 5.18. The van der Waals surface area contributed by atoms with Gasteiger partial charge in [0.2, 0.25) is 0 Å². The van der Waals surface area contributed by atoms with Gasteiger partial charge in [-0.05, 0) is 5.56 Å². The molecule has 0 spiro atoms. The summed E-state index contributed by atoms with van der Waals surface area (Å²) >= 11 is 0. The van der Waals surface area contributed by atoms with E-state index in [1.54, 1.807) is 18.2 Å². The zero-order valence-electron chi connectivity index (χ0n) is 7.62. The van der Waals surface area contributed by atoms with E-state index in [1.165, 1.54) is 12.1 Å². The van der Waals surface area contributed by atoms with Gasteiger partial charge >= 0.3 is 6.18 Å². The number of alkyl halides is 3. The summed E-state index contributed by atoms with van der Waals surface area (Å²) in [5.74, 6) is -1.75. The van der Waals surface area contributed by atoms with Crippen LogP contribution in [0.3, 0.4) is 0 Å². The Bertz CT molecular complexity index is 281. The molecule has 0 fully saturated rings. The lowest BCUT2D eigenvalue weighted by atomic mass is 9.97. The van der Waals surface area contributed by atoms with Gasteiger partial charge in [-0.1, -0.05) is 37.3 Å². The average Bonchev–Trinajstić information content (AvgIpc) is 2.15. The van der Waals surface area contributed by atoms with Crippen molar-refractivity contribution in [3.63, 3.8) is 0 Å². The van der Waals surface area contributed by atoms with Crippen LogP contribution in [0.4, 0.5) is 13.2 Å². The largest absolute Gasteiger partial charge is 0.394 e. The maximum Gasteiger partial charge on any atom is 0.394 e. The van der Waals surface area contributed by atoms with Gasteiger partial charge in [-0.25, -0.2) is 0 Å². The van der Waals surface area contributed by atoms with Crippen molar-refractivity contribution in [2.45, 2.75) is 19.2 Å². The Morgan fingerprint density at radius 3 is 2.07 bits per heavy atom. The summed E-state index contributed by atoms with van der Waals surface area (Å²) in [7, 11) is 0. The maximum absolute atomic E-state index is 12.2. The third-order valence-corrected chi connectivity index (χ3v) is 2.13. The predicted octanol–water partition coefficient (Wildman–Crippen LogP) is 2.92. The lowest BCUT2D eigenvalue weighted by Gasteiger charge is -2.21. The Labute approximate surface area is 80.2 Å². The minimum atomic E-state index is -4.37. The summed E-state index contributed by atoms with van der Waals surface area (Å²) in [6, 6.07) is 7.84. The third-order valence-electron chi connectivity index (χ3n) is 2.13. The van der Waals surface area contributed by atoms with Gasteiger partial charge in [-0.15, -0.1) is 0 Å². The minimum absolute atomic E-state index is 0.289. The highest BCUT2D eigenvalue weighted by Gasteiger charge is 2.41. The lowest BCUT2D eigenvalue weighted by Crippen LogP contribution is -2.26. The molecule has 0 radical (unpaired) electrons. The van der Waals surface area contributed by atoms with Gasteiger partial charge in [0.1, 0.15) is 0 Å². The van der Waals surface area contributed by atoms with Crippen LogP contribution in [0.15, 0.2) is 30.3 Å². The number of halogens is 3. The van der Waals surface area contributed by atoms with E-state index in [2.05, 4.69) is 0 Å². The van der Waals surface area contributed by atoms with Crippen LogP contribution in [-0.2, 0) is 0 Å². The van der Waals surface area contributed by atoms with E-state index in [0.29, 0.717) is 0 Å². The average molecular weight is 204 g/mol. The standard InChI is InChI=1S/C10H11F3O/c1-7(10(11,12)13)9(14)8-5-3-2-4-6-8/h2-7,9,14H,1H3. The van der Waals surface area contributed by atoms with Crippen LogP contribution in [0.2, 0.25) is 0 Å². The van der Waals surface area contributed by atoms with Crippen LogP contribution >= 0.6 is 0 Å². The summed E-state index contributed by atoms with van der Waals surface area (Å²) in [4.78, 5) is 0. The second-order valence-electron chi connectivity index (χ2n) is 3.19. The quantitative estimate of drug-likeness (QED) is 0.785. The molecule has 0 aromatic heterocycles. The van der Waals surface area contributed by atoms with Crippen molar-refractivity contribution < 1.29 is 18.3 Å². The van der Waals surface area contributed by atoms with Crippen molar-refractivity contribution in [2.75, 3.05) is 0 Å². The first kappa shape index (κ1) is 11.0. The highest BCUT2D eigenvalue weighted by atomic mass is 19.4. The van der Waals surface area contributed by atoms with E-state index >= 15 is 0 Å². The van der Waals surface area contributed by atoms with Gasteiger partial charge in [0.15, 0.2) is 0 Å². The van der Waals surface area contributed by atoms with Crippen molar-refractivity contribution in [1.29, 1.82) is 0 Å².